The van der Waals surface area contributed by atoms with Crippen molar-refractivity contribution < 1.29 is 9.21 Å². The smallest absolute Gasteiger partial charge is 0.289 e. The number of carbonyl (C=O) groups excluding carboxylic acids is 1. The van der Waals surface area contributed by atoms with Crippen molar-refractivity contribution in [1.82, 2.24) is 9.88 Å². The summed E-state index contributed by atoms with van der Waals surface area (Å²) in [6.07, 6.45) is 4.03. The van der Waals surface area contributed by atoms with Crippen LogP contribution in [0.15, 0.2) is 41.1 Å². The van der Waals surface area contributed by atoms with Crippen LogP contribution in [0.1, 0.15) is 21.8 Å². The van der Waals surface area contributed by atoms with Crippen molar-refractivity contribution >= 4 is 5.91 Å². The number of amides is 1. The van der Waals surface area contributed by atoms with E-state index in [1.54, 1.807) is 24.2 Å². The first-order chi connectivity index (χ1) is 8.68. The van der Waals surface area contributed by atoms with Crippen LogP contribution in [0.3, 0.4) is 0 Å². The summed E-state index contributed by atoms with van der Waals surface area (Å²) in [5.74, 6) is 0.326. The van der Waals surface area contributed by atoms with Gasteiger partial charge >= 0.3 is 0 Å². The highest BCUT2D eigenvalue weighted by Gasteiger charge is 2.16. The second-order valence-electron chi connectivity index (χ2n) is 4.23. The first-order valence-electron chi connectivity index (χ1n) is 5.88. The molecule has 0 fully saturated rings. The number of pyridine rings is 1. The topological polar surface area (TPSA) is 46.3 Å². The van der Waals surface area contributed by atoms with E-state index in [2.05, 4.69) is 4.98 Å². The molecule has 94 valence electrons. The van der Waals surface area contributed by atoms with Crippen molar-refractivity contribution in [3.8, 4) is 0 Å². The maximum absolute atomic E-state index is 12.1. The molecule has 18 heavy (non-hydrogen) atoms. The molecular weight excluding hydrogens is 228 g/mol. The number of hydrogen-bond donors (Lipinski definition) is 0. The van der Waals surface area contributed by atoms with Gasteiger partial charge in [0.1, 0.15) is 0 Å². The number of aryl methyl sites for hydroxylation is 1. The molecule has 0 N–H and O–H groups in total. The van der Waals surface area contributed by atoms with E-state index in [0.717, 1.165) is 17.7 Å². The molecule has 0 aliphatic rings. The summed E-state index contributed by atoms with van der Waals surface area (Å²) in [4.78, 5) is 17.9. The molecule has 0 atom stereocenters. The normalized spacial score (nSPS) is 10.3. The Labute approximate surface area is 106 Å². The Morgan fingerprint density at radius 3 is 2.83 bits per heavy atom. The summed E-state index contributed by atoms with van der Waals surface area (Å²) in [7, 11) is 1.77. The van der Waals surface area contributed by atoms with Gasteiger partial charge in [-0.1, -0.05) is 6.07 Å². The first kappa shape index (κ1) is 12.4. The molecule has 0 aromatic carbocycles. The molecule has 2 aromatic heterocycles. The van der Waals surface area contributed by atoms with E-state index in [-0.39, 0.29) is 5.91 Å². The molecule has 0 saturated heterocycles. The number of nitrogens with zero attached hydrogens (tertiary/aromatic N) is 2. The van der Waals surface area contributed by atoms with Crippen molar-refractivity contribution in [3.05, 3.63) is 53.7 Å². The van der Waals surface area contributed by atoms with Gasteiger partial charge in [-0.05, 0) is 25.1 Å². The molecule has 0 spiro atoms. The van der Waals surface area contributed by atoms with Crippen LogP contribution in [0.4, 0.5) is 0 Å². The molecular formula is C14H16N2O2. The molecule has 1 amide bonds. The fourth-order valence-corrected chi connectivity index (χ4v) is 1.69. The van der Waals surface area contributed by atoms with Gasteiger partial charge in [0, 0.05) is 37.5 Å². The van der Waals surface area contributed by atoms with Crippen LogP contribution in [-0.4, -0.2) is 29.4 Å². The molecule has 0 aliphatic heterocycles. The SMILES string of the molecule is Cc1ccoc1C(=O)N(C)CCc1ccccn1. The predicted octanol–water partition coefficient (Wildman–Crippen LogP) is 2.30. The molecule has 2 rings (SSSR count). The zero-order valence-corrected chi connectivity index (χ0v) is 10.6. The molecule has 4 heteroatoms. The van der Waals surface area contributed by atoms with E-state index >= 15 is 0 Å². The summed E-state index contributed by atoms with van der Waals surface area (Å²) in [6.45, 7) is 2.49. The lowest BCUT2D eigenvalue weighted by Gasteiger charge is -2.15. The van der Waals surface area contributed by atoms with Crippen molar-refractivity contribution in [2.45, 2.75) is 13.3 Å². The summed E-state index contributed by atoms with van der Waals surface area (Å²) < 4.78 is 5.19. The minimum atomic E-state index is -0.0894. The largest absolute Gasteiger partial charge is 0.459 e. The van der Waals surface area contributed by atoms with Gasteiger partial charge in [0.2, 0.25) is 0 Å². The van der Waals surface area contributed by atoms with Crippen LogP contribution in [0.5, 0.6) is 0 Å². The second-order valence-corrected chi connectivity index (χ2v) is 4.23. The maximum Gasteiger partial charge on any atom is 0.289 e. The summed E-state index contributed by atoms with van der Waals surface area (Å²) in [6, 6.07) is 7.57. The van der Waals surface area contributed by atoms with Gasteiger partial charge in [-0.2, -0.15) is 0 Å². The fraction of sp³-hybridized carbons (Fsp3) is 0.286. The van der Waals surface area contributed by atoms with Crippen LogP contribution in [0.25, 0.3) is 0 Å². The lowest BCUT2D eigenvalue weighted by Crippen LogP contribution is -2.29. The lowest BCUT2D eigenvalue weighted by atomic mass is 10.2. The first-order valence-corrected chi connectivity index (χ1v) is 5.88. The standard InChI is InChI=1S/C14H16N2O2/c1-11-7-10-18-13(11)14(17)16(2)9-6-12-5-3-4-8-15-12/h3-5,7-8,10H,6,9H2,1-2H3. The van der Waals surface area contributed by atoms with Crippen molar-refractivity contribution in [2.75, 3.05) is 13.6 Å². The third-order valence-electron chi connectivity index (χ3n) is 2.83. The molecule has 2 aromatic rings. The second kappa shape index (κ2) is 5.49. The van der Waals surface area contributed by atoms with E-state index in [4.69, 9.17) is 4.42 Å². The lowest BCUT2D eigenvalue weighted by molar-refractivity contribution is 0.0764. The molecule has 0 radical (unpaired) electrons. The predicted molar refractivity (Wildman–Crippen MR) is 68.3 cm³/mol. The van der Waals surface area contributed by atoms with Gasteiger partial charge in [0.05, 0.1) is 6.26 Å². The highest BCUT2D eigenvalue weighted by atomic mass is 16.3. The van der Waals surface area contributed by atoms with E-state index in [1.807, 2.05) is 25.1 Å². The van der Waals surface area contributed by atoms with E-state index in [9.17, 15) is 4.79 Å². The van der Waals surface area contributed by atoms with Gasteiger partial charge in [0.15, 0.2) is 5.76 Å². The van der Waals surface area contributed by atoms with Crippen LogP contribution < -0.4 is 0 Å². The van der Waals surface area contributed by atoms with Gasteiger partial charge < -0.3 is 9.32 Å². The highest BCUT2D eigenvalue weighted by Crippen LogP contribution is 2.11. The average molecular weight is 244 g/mol. The van der Waals surface area contributed by atoms with Gasteiger partial charge in [-0.25, -0.2) is 0 Å². The van der Waals surface area contributed by atoms with Crippen LogP contribution in [0, 0.1) is 6.92 Å². The van der Waals surface area contributed by atoms with Gasteiger partial charge in [0.25, 0.3) is 5.91 Å². The fourth-order valence-electron chi connectivity index (χ4n) is 1.69. The van der Waals surface area contributed by atoms with Crippen molar-refractivity contribution in [2.24, 2.45) is 0 Å². The molecule has 0 unspecified atom stereocenters. The Hall–Kier alpha value is -2.10. The third kappa shape index (κ3) is 2.77. The number of furan rings is 1. The zero-order chi connectivity index (χ0) is 13.0. The summed E-state index contributed by atoms with van der Waals surface area (Å²) in [5, 5.41) is 0. The van der Waals surface area contributed by atoms with Crippen LogP contribution in [-0.2, 0) is 6.42 Å². The number of aromatic nitrogens is 1. The molecule has 0 bridgehead atoms. The monoisotopic (exact) mass is 244 g/mol. The van der Waals surface area contributed by atoms with E-state index < -0.39 is 0 Å². The number of rotatable bonds is 4. The van der Waals surface area contributed by atoms with Gasteiger partial charge in [-0.15, -0.1) is 0 Å². The Bertz CT molecular complexity index is 520. The molecule has 0 aliphatic carbocycles. The Morgan fingerprint density at radius 2 is 2.22 bits per heavy atom. The van der Waals surface area contributed by atoms with Crippen molar-refractivity contribution in [3.63, 3.8) is 0 Å². The minimum Gasteiger partial charge on any atom is -0.459 e. The Kier molecular flexibility index (Phi) is 3.77. The number of hydrogen-bond acceptors (Lipinski definition) is 3. The third-order valence-corrected chi connectivity index (χ3v) is 2.83. The summed E-state index contributed by atoms with van der Waals surface area (Å²) >= 11 is 0. The van der Waals surface area contributed by atoms with E-state index in [0.29, 0.717) is 12.3 Å². The summed E-state index contributed by atoms with van der Waals surface area (Å²) in [5.41, 5.74) is 1.85. The van der Waals surface area contributed by atoms with Crippen LogP contribution >= 0.6 is 0 Å². The Morgan fingerprint density at radius 1 is 1.39 bits per heavy atom. The molecule has 2 heterocycles. The highest BCUT2D eigenvalue weighted by molar-refractivity contribution is 5.92. The quantitative estimate of drug-likeness (QED) is 0.829. The average Bonchev–Trinajstić information content (AvgIpc) is 2.82. The number of likely N-dealkylation sites (N-methyl/N-ethyl adjacent to an activating group) is 1. The minimum absolute atomic E-state index is 0.0894. The molecule has 4 nitrogen and oxygen atoms in total. The van der Waals surface area contributed by atoms with Crippen LogP contribution in [0.2, 0.25) is 0 Å². The van der Waals surface area contributed by atoms with Crippen molar-refractivity contribution in [1.29, 1.82) is 0 Å². The number of carbonyl (C=O) groups is 1. The van der Waals surface area contributed by atoms with E-state index in [1.165, 1.54) is 6.26 Å². The zero-order valence-electron chi connectivity index (χ0n) is 10.6. The maximum atomic E-state index is 12.1. The van der Waals surface area contributed by atoms with Gasteiger partial charge in [-0.3, -0.25) is 9.78 Å². The Balaban J connectivity index is 1.95. The molecule has 0 saturated carbocycles.